The molecule has 0 spiro atoms. The monoisotopic (exact) mass is 298 g/mol. The molecule has 0 saturated carbocycles. The van der Waals surface area contributed by atoms with Gasteiger partial charge in [0, 0.05) is 19.1 Å². The van der Waals surface area contributed by atoms with Crippen LogP contribution in [-0.4, -0.2) is 36.5 Å². The fourth-order valence-corrected chi connectivity index (χ4v) is 2.40. The van der Waals surface area contributed by atoms with Crippen molar-refractivity contribution in [3.05, 3.63) is 29.3 Å². The lowest BCUT2D eigenvalue weighted by molar-refractivity contribution is -0.134. The van der Waals surface area contributed by atoms with Crippen molar-refractivity contribution >= 4 is 18.3 Å². The highest BCUT2D eigenvalue weighted by molar-refractivity contribution is 5.85. The van der Waals surface area contributed by atoms with Gasteiger partial charge in [-0.05, 0) is 37.8 Å². The molecule has 1 saturated heterocycles. The van der Waals surface area contributed by atoms with Gasteiger partial charge >= 0.3 is 0 Å². The van der Waals surface area contributed by atoms with E-state index < -0.39 is 0 Å². The summed E-state index contributed by atoms with van der Waals surface area (Å²) in [4.78, 5) is 13.9. The van der Waals surface area contributed by atoms with E-state index in [9.17, 15) is 4.79 Å². The number of piperidine rings is 1. The Balaban J connectivity index is 0.00000200. The van der Waals surface area contributed by atoms with Crippen LogP contribution in [0.4, 0.5) is 0 Å². The molecule has 1 aliphatic heterocycles. The molecular weight excluding hydrogens is 276 g/mol. The summed E-state index contributed by atoms with van der Waals surface area (Å²) in [5, 5.41) is 0. The molecule has 0 unspecified atom stereocenters. The van der Waals surface area contributed by atoms with E-state index in [2.05, 4.69) is 0 Å². The molecule has 4 nitrogen and oxygen atoms in total. The van der Waals surface area contributed by atoms with Crippen LogP contribution in [0.5, 0.6) is 5.75 Å². The number of aryl methyl sites for hydroxylation is 2. The quantitative estimate of drug-likeness (QED) is 0.929. The number of hydrogen-bond donors (Lipinski definition) is 1. The van der Waals surface area contributed by atoms with E-state index in [1.165, 1.54) is 0 Å². The first-order chi connectivity index (χ1) is 9.08. The van der Waals surface area contributed by atoms with Gasteiger partial charge in [0.2, 0.25) is 0 Å². The van der Waals surface area contributed by atoms with Crippen LogP contribution in [0, 0.1) is 13.8 Å². The lowest BCUT2D eigenvalue weighted by Crippen LogP contribution is -2.44. The van der Waals surface area contributed by atoms with Crippen LogP contribution in [0.3, 0.4) is 0 Å². The van der Waals surface area contributed by atoms with Gasteiger partial charge in [-0.1, -0.05) is 18.2 Å². The van der Waals surface area contributed by atoms with Crippen LogP contribution < -0.4 is 10.5 Å². The maximum Gasteiger partial charge on any atom is 0.260 e. The molecule has 0 atom stereocenters. The Hall–Kier alpha value is -1.26. The molecule has 5 heteroatoms. The number of halogens is 1. The average molecular weight is 299 g/mol. The topological polar surface area (TPSA) is 55.6 Å². The predicted molar refractivity (Wildman–Crippen MR) is 82.4 cm³/mol. The number of carbonyl (C=O) groups excluding carboxylic acids is 1. The molecular formula is C15H23ClN2O2. The number of likely N-dealkylation sites (tertiary alicyclic amines) is 1. The Labute approximate surface area is 126 Å². The Morgan fingerprint density at radius 1 is 1.30 bits per heavy atom. The number of amides is 1. The second kappa shape index (κ2) is 7.50. The molecule has 0 aliphatic carbocycles. The lowest BCUT2D eigenvalue weighted by Gasteiger charge is -2.30. The Morgan fingerprint density at radius 2 is 1.85 bits per heavy atom. The molecule has 112 valence electrons. The predicted octanol–water partition coefficient (Wildman–Crippen LogP) is 2.05. The van der Waals surface area contributed by atoms with E-state index in [4.69, 9.17) is 10.5 Å². The van der Waals surface area contributed by atoms with Crippen LogP contribution in [0.2, 0.25) is 0 Å². The minimum Gasteiger partial charge on any atom is -0.483 e. The third kappa shape index (κ3) is 4.12. The maximum atomic E-state index is 12.1. The summed E-state index contributed by atoms with van der Waals surface area (Å²) in [6.45, 7) is 5.59. The summed E-state index contributed by atoms with van der Waals surface area (Å²) in [6, 6.07) is 6.22. The fraction of sp³-hybridized carbons (Fsp3) is 0.533. The zero-order chi connectivity index (χ0) is 13.8. The first-order valence-electron chi connectivity index (χ1n) is 6.80. The molecule has 0 radical (unpaired) electrons. The molecule has 0 bridgehead atoms. The molecule has 0 aromatic heterocycles. The van der Waals surface area contributed by atoms with Gasteiger partial charge in [-0.3, -0.25) is 4.79 Å². The highest BCUT2D eigenvalue weighted by Crippen LogP contribution is 2.22. The third-order valence-corrected chi connectivity index (χ3v) is 3.64. The van der Waals surface area contributed by atoms with Gasteiger partial charge in [-0.25, -0.2) is 0 Å². The van der Waals surface area contributed by atoms with E-state index >= 15 is 0 Å². The Bertz CT molecular complexity index is 437. The lowest BCUT2D eigenvalue weighted by atomic mass is 10.1. The van der Waals surface area contributed by atoms with Gasteiger partial charge in [-0.2, -0.15) is 0 Å². The number of para-hydroxylation sites is 1. The average Bonchev–Trinajstić information content (AvgIpc) is 2.38. The summed E-state index contributed by atoms with van der Waals surface area (Å²) in [7, 11) is 0. The normalized spacial score (nSPS) is 15.7. The molecule has 1 aromatic carbocycles. The van der Waals surface area contributed by atoms with Crippen LogP contribution in [-0.2, 0) is 4.79 Å². The number of rotatable bonds is 3. The largest absolute Gasteiger partial charge is 0.483 e. The van der Waals surface area contributed by atoms with E-state index in [1.54, 1.807) is 0 Å². The maximum absolute atomic E-state index is 12.1. The molecule has 1 aliphatic rings. The van der Waals surface area contributed by atoms with E-state index in [1.807, 2.05) is 36.9 Å². The Kier molecular flexibility index (Phi) is 6.30. The summed E-state index contributed by atoms with van der Waals surface area (Å²) in [5.74, 6) is 0.874. The number of nitrogens with zero attached hydrogens (tertiary/aromatic N) is 1. The van der Waals surface area contributed by atoms with E-state index in [0.717, 1.165) is 42.8 Å². The van der Waals surface area contributed by atoms with Gasteiger partial charge in [0.15, 0.2) is 6.61 Å². The molecule has 1 aromatic rings. The van der Waals surface area contributed by atoms with Crippen LogP contribution in [0.15, 0.2) is 18.2 Å². The summed E-state index contributed by atoms with van der Waals surface area (Å²) < 4.78 is 5.69. The van der Waals surface area contributed by atoms with Gasteiger partial charge < -0.3 is 15.4 Å². The standard InChI is InChI=1S/C15H22N2O2.ClH/c1-11-4-3-5-12(2)15(11)19-10-14(18)17-8-6-13(16)7-9-17;/h3-5,13H,6-10,16H2,1-2H3;1H. The highest BCUT2D eigenvalue weighted by atomic mass is 35.5. The van der Waals surface area contributed by atoms with Gasteiger partial charge in [0.1, 0.15) is 5.75 Å². The van der Waals surface area contributed by atoms with Gasteiger partial charge in [-0.15, -0.1) is 12.4 Å². The summed E-state index contributed by atoms with van der Waals surface area (Å²) in [5.41, 5.74) is 7.96. The fourth-order valence-electron chi connectivity index (χ4n) is 2.40. The smallest absolute Gasteiger partial charge is 0.260 e. The minimum atomic E-state index is 0. The van der Waals surface area contributed by atoms with Crippen LogP contribution in [0.25, 0.3) is 0 Å². The second-order valence-corrected chi connectivity index (χ2v) is 5.23. The van der Waals surface area contributed by atoms with Crippen molar-refractivity contribution in [2.24, 2.45) is 5.73 Å². The molecule has 1 amide bonds. The van der Waals surface area contributed by atoms with Crippen molar-refractivity contribution in [2.45, 2.75) is 32.7 Å². The second-order valence-electron chi connectivity index (χ2n) is 5.23. The zero-order valence-corrected chi connectivity index (χ0v) is 12.9. The molecule has 20 heavy (non-hydrogen) atoms. The number of benzene rings is 1. The van der Waals surface area contributed by atoms with Gasteiger partial charge in [0.25, 0.3) is 5.91 Å². The zero-order valence-electron chi connectivity index (χ0n) is 12.1. The molecule has 1 fully saturated rings. The summed E-state index contributed by atoms with van der Waals surface area (Å²) in [6.07, 6.45) is 1.77. The summed E-state index contributed by atoms with van der Waals surface area (Å²) >= 11 is 0. The van der Waals surface area contributed by atoms with Crippen molar-refractivity contribution < 1.29 is 9.53 Å². The van der Waals surface area contributed by atoms with Crippen molar-refractivity contribution in [3.63, 3.8) is 0 Å². The molecule has 1 heterocycles. The third-order valence-electron chi connectivity index (χ3n) is 3.64. The van der Waals surface area contributed by atoms with Crippen LogP contribution in [0.1, 0.15) is 24.0 Å². The number of carbonyl (C=O) groups is 1. The van der Waals surface area contributed by atoms with Crippen molar-refractivity contribution in [3.8, 4) is 5.75 Å². The van der Waals surface area contributed by atoms with E-state index in [0.29, 0.717) is 0 Å². The first kappa shape index (κ1) is 16.8. The SMILES string of the molecule is Cc1cccc(C)c1OCC(=O)N1CCC(N)CC1.Cl. The minimum absolute atomic E-state index is 0. The number of nitrogens with two attached hydrogens (primary N) is 1. The number of ether oxygens (including phenoxy) is 1. The van der Waals surface area contributed by atoms with Crippen molar-refractivity contribution in [1.29, 1.82) is 0 Å². The van der Waals surface area contributed by atoms with Crippen molar-refractivity contribution in [1.82, 2.24) is 4.90 Å². The molecule has 2 rings (SSSR count). The van der Waals surface area contributed by atoms with Crippen LogP contribution >= 0.6 is 12.4 Å². The van der Waals surface area contributed by atoms with E-state index in [-0.39, 0.29) is 31.0 Å². The Morgan fingerprint density at radius 3 is 2.40 bits per heavy atom. The number of hydrogen-bond acceptors (Lipinski definition) is 3. The van der Waals surface area contributed by atoms with Crippen molar-refractivity contribution in [2.75, 3.05) is 19.7 Å². The van der Waals surface area contributed by atoms with Gasteiger partial charge in [0.05, 0.1) is 0 Å². The molecule has 2 N–H and O–H groups in total. The highest BCUT2D eigenvalue weighted by Gasteiger charge is 2.21. The first-order valence-corrected chi connectivity index (χ1v) is 6.80.